The molecular formula is C29H52N6O11S. The molecule has 7 atom stereocenters. The van der Waals surface area contributed by atoms with Gasteiger partial charge in [-0.2, -0.15) is 12.6 Å². The minimum atomic E-state index is -1.18. The monoisotopic (exact) mass is 692 g/mol. The number of benzene rings is 1. The van der Waals surface area contributed by atoms with E-state index in [0.29, 0.717) is 6.42 Å². The van der Waals surface area contributed by atoms with E-state index in [0.717, 1.165) is 22.9 Å². The number of carboxylic acid groups (broad SMARTS) is 5. The van der Waals surface area contributed by atoms with E-state index in [1.165, 1.54) is 6.92 Å². The van der Waals surface area contributed by atoms with Crippen LogP contribution in [0.25, 0.3) is 10.9 Å². The van der Waals surface area contributed by atoms with Crippen LogP contribution < -0.4 is 28.7 Å². The van der Waals surface area contributed by atoms with Gasteiger partial charge in [0.05, 0.1) is 6.10 Å². The molecule has 0 aliphatic heterocycles. The lowest BCUT2D eigenvalue weighted by Crippen LogP contribution is -2.39. The number of para-hydroxylation sites is 1. The van der Waals surface area contributed by atoms with Gasteiger partial charge in [-0.15, -0.1) is 0 Å². The van der Waals surface area contributed by atoms with Crippen molar-refractivity contribution in [3.8, 4) is 0 Å². The Kier molecular flexibility index (Phi) is 25.7. The lowest BCUT2D eigenvalue weighted by atomic mass is 10.0. The van der Waals surface area contributed by atoms with Gasteiger partial charge in [-0.3, -0.25) is 24.0 Å². The SMILES string of the molecule is CC(C)C(N)C(=O)O.CC(O)C(N)C(=O)O.CCC(C)C(N)C(=O)O.NC(CS)C(=O)O.NC(Cc1c[nH]c2ccccc12)C(=O)O. The Morgan fingerprint density at radius 1 is 0.723 bits per heavy atom. The van der Waals surface area contributed by atoms with Crippen molar-refractivity contribution in [3.63, 3.8) is 0 Å². The van der Waals surface area contributed by atoms with Crippen LogP contribution in [0.4, 0.5) is 0 Å². The van der Waals surface area contributed by atoms with E-state index in [2.05, 4.69) is 17.6 Å². The molecule has 7 unspecified atom stereocenters. The molecule has 2 rings (SSSR count). The number of aromatic amines is 1. The summed E-state index contributed by atoms with van der Waals surface area (Å²) in [5.74, 6) is -4.72. The minimum absolute atomic E-state index is 0.0208. The number of rotatable bonds is 12. The van der Waals surface area contributed by atoms with E-state index >= 15 is 0 Å². The third-order valence-electron chi connectivity index (χ3n) is 6.30. The summed E-state index contributed by atoms with van der Waals surface area (Å²) in [6, 6.07) is 3.53. The van der Waals surface area contributed by atoms with Crippen LogP contribution in [0, 0.1) is 11.8 Å². The van der Waals surface area contributed by atoms with Crippen molar-refractivity contribution >= 4 is 53.4 Å². The van der Waals surface area contributed by atoms with Gasteiger partial charge in [-0.05, 0) is 30.4 Å². The molecule has 17 N–H and O–H groups in total. The second kappa shape index (κ2) is 25.3. The molecule has 18 heteroatoms. The Bertz CT molecular complexity index is 1200. The number of carbonyl (C=O) groups is 5. The Balaban J connectivity index is -0.000000537. The van der Waals surface area contributed by atoms with E-state index < -0.39 is 66.2 Å². The van der Waals surface area contributed by atoms with Crippen LogP contribution in [0.15, 0.2) is 30.5 Å². The predicted molar refractivity (Wildman–Crippen MR) is 180 cm³/mol. The topological polar surface area (TPSA) is 353 Å². The fourth-order valence-corrected chi connectivity index (χ4v) is 2.85. The molecule has 270 valence electrons. The van der Waals surface area contributed by atoms with E-state index in [1.807, 2.05) is 44.3 Å². The average molecular weight is 693 g/mol. The van der Waals surface area contributed by atoms with Crippen molar-refractivity contribution in [3.05, 3.63) is 36.0 Å². The number of carboxylic acids is 5. The molecule has 0 bridgehead atoms. The summed E-state index contributed by atoms with van der Waals surface area (Å²) in [5, 5.41) is 50.9. The van der Waals surface area contributed by atoms with Crippen LogP contribution in [-0.4, -0.2) is 108 Å². The highest BCUT2D eigenvalue weighted by Crippen LogP contribution is 2.18. The van der Waals surface area contributed by atoms with Gasteiger partial charge in [0.25, 0.3) is 0 Å². The molecule has 0 saturated carbocycles. The number of hydrogen-bond donors (Lipinski definition) is 13. The molecule has 0 fully saturated rings. The van der Waals surface area contributed by atoms with Gasteiger partial charge in [0.15, 0.2) is 0 Å². The summed E-state index contributed by atoms with van der Waals surface area (Å²) in [7, 11) is 0. The number of thiol groups is 1. The summed E-state index contributed by atoms with van der Waals surface area (Å²) in [4.78, 5) is 53.5. The normalized spacial score (nSPS) is 14.7. The molecule has 1 aromatic heterocycles. The first kappa shape index (κ1) is 47.6. The van der Waals surface area contributed by atoms with Gasteiger partial charge in [0.2, 0.25) is 0 Å². The standard InChI is InChI=1S/C11H12N2O2.C6H13NO2.C5H11NO2.C4H9NO3.C3H7NO2S/c12-9(11(14)15)5-7-6-13-10-4-2-1-3-8(7)10;1-3-4(2)5(7)6(8)9;1-3(2)4(6)5(7)8;1-2(6)3(5)4(7)8;4-2(1-7)3(5)6/h1-4,6,9,13H,5,12H2,(H,14,15);4-5H,3,7H2,1-2H3,(H,8,9);3-4H,6H2,1-2H3,(H,7,8);2-3,6H,5H2,1H3,(H,7,8);2,7H,1,4H2,(H,5,6). The van der Waals surface area contributed by atoms with Gasteiger partial charge in [0.1, 0.15) is 30.2 Å². The van der Waals surface area contributed by atoms with Crippen LogP contribution in [0.3, 0.4) is 0 Å². The maximum absolute atomic E-state index is 10.6. The van der Waals surface area contributed by atoms with Crippen molar-refractivity contribution in [1.82, 2.24) is 4.98 Å². The highest BCUT2D eigenvalue weighted by atomic mass is 32.1. The molecule has 17 nitrogen and oxygen atoms in total. The molecule has 1 aromatic carbocycles. The maximum Gasteiger partial charge on any atom is 0.323 e. The maximum atomic E-state index is 10.6. The summed E-state index contributed by atoms with van der Waals surface area (Å²) in [5.41, 5.74) is 27.7. The molecule has 0 saturated heterocycles. The fraction of sp³-hybridized carbons (Fsp3) is 0.552. The number of H-pyrrole nitrogens is 1. The van der Waals surface area contributed by atoms with Gasteiger partial charge >= 0.3 is 29.8 Å². The lowest BCUT2D eigenvalue weighted by molar-refractivity contribution is -0.141. The third-order valence-corrected chi connectivity index (χ3v) is 6.69. The first-order valence-corrected chi connectivity index (χ1v) is 15.0. The zero-order valence-corrected chi connectivity index (χ0v) is 28.1. The zero-order chi connectivity index (χ0) is 37.6. The number of nitrogens with one attached hydrogen (secondary N) is 1. The van der Waals surface area contributed by atoms with E-state index in [-0.39, 0.29) is 17.6 Å². The van der Waals surface area contributed by atoms with Crippen molar-refractivity contribution in [2.24, 2.45) is 40.5 Å². The summed E-state index contributed by atoms with van der Waals surface area (Å²) in [6.07, 6.45) is 1.99. The van der Waals surface area contributed by atoms with Gasteiger partial charge < -0.3 is 64.3 Å². The zero-order valence-electron chi connectivity index (χ0n) is 27.2. The Morgan fingerprint density at radius 2 is 1.17 bits per heavy atom. The lowest BCUT2D eigenvalue weighted by Gasteiger charge is -2.11. The van der Waals surface area contributed by atoms with Crippen LogP contribution in [0.5, 0.6) is 0 Å². The third kappa shape index (κ3) is 21.6. The van der Waals surface area contributed by atoms with Crippen LogP contribution in [-0.2, 0) is 30.4 Å². The van der Waals surface area contributed by atoms with Crippen LogP contribution in [0.2, 0.25) is 0 Å². The quantitative estimate of drug-likeness (QED) is 0.127. The average Bonchev–Trinajstić information content (AvgIpc) is 3.42. The number of fused-ring (bicyclic) bond motifs is 1. The smallest absolute Gasteiger partial charge is 0.323 e. The first-order valence-electron chi connectivity index (χ1n) is 14.3. The van der Waals surface area contributed by atoms with Crippen LogP contribution >= 0.6 is 12.6 Å². The summed E-state index contributed by atoms with van der Waals surface area (Å²) >= 11 is 3.65. The van der Waals surface area contributed by atoms with Crippen LogP contribution in [0.1, 0.15) is 46.6 Å². The van der Waals surface area contributed by atoms with E-state index in [1.54, 1.807) is 13.8 Å². The van der Waals surface area contributed by atoms with Crippen molar-refractivity contribution in [1.29, 1.82) is 0 Å². The minimum Gasteiger partial charge on any atom is -0.480 e. The van der Waals surface area contributed by atoms with E-state index in [4.69, 9.17) is 59.3 Å². The Morgan fingerprint density at radius 3 is 1.43 bits per heavy atom. The van der Waals surface area contributed by atoms with Gasteiger partial charge in [-0.1, -0.05) is 52.3 Å². The number of aromatic nitrogens is 1. The summed E-state index contributed by atoms with van der Waals surface area (Å²) < 4.78 is 0. The summed E-state index contributed by atoms with van der Waals surface area (Å²) in [6.45, 7) is 8.64. The van der Waals surface area contributed by atoms with Crippen molar-refractivity contribution in [2.45, 2.75) is 83.8 Å². The molecule has 2 aromatic rings. The van der Waals surface area contributed by atoms with Crippen molar-refractivity contribution in [2.75, 3.05) is 5.75 Å². The molecule has 47 heavy (non-hydrogen) atoms. The van der Waals surface area contributed by atoms with Gasteiger partial charge in [-0.25, -0.2) is 0 Å². The Labute approximate surface area is 278 Å². The number of aliphatic carboxylic acids is 5. The number of aliphatic hydroxyl groups is 1. The predicted octanol–water partition coefficient (Wildman–Crippen LogP) is -0.272. The molecule has 0 radical (unpaired) electrons. The Hall–Kier alpha value is -3.78. The molecular weight excluding hydrogens is 640 g/mol. The molecule has 0 aliphatic rings. The number of aliphatic hydroxyl groups excluding tert-OH is 1. The highest BCUT2D eigenvalue weighted by Gasteiger charge is 2.18. The molecule has 0 spiro atoms. The largest absolute Gasteiger partial charge is 0.480 e. The first-order chi connectivity index (χ1) is 21.6. The second-order valence-corrected chi connectivity index (χ2v) is 11.0. The number of hydrogen-bond acceptors (Lipinski definition) is 12. The van der Waals surface area contributed by atoms with Crippen molar-refractivity contribution < 1.29 is 54.6 Å². The molecule has 1 heterocycles. The second-order valence-electron chi connectivity index (χ2n) is 10.6. The van der Waals surface area contributed by atoms with Gasteiger partial charge in [0, 0.05) is 29.3 Å². The highest BCUT2D eigenvalue weighted by molar-refractivity contribution is 7.80. The number of nitrogens with two attached hydrogens (primary N) is 5. The van der Waals surface area contributed by atoms with E-state index in [9.17, 15) is 24.0 Å². The molecule has 0 aliphatic carbocycles. The fourth-order valence-electron chi connectivity index (χ4n) is 2.69. The molecule has 0 amide bonds.